The Morgan fingerprint density at radius 3 is 2.88 bits per heavy atom. The molecule has 1 unspecified atom stereocenters. The summed E-state index contributed by atoms with van der Waals surface area (Å²) in [6.07, 6.45) is 2.97. The highest BCUT2D eigenvalue weighted by Crippen LogP contribution is 2.25. The van der Waals surface area contributed by atoms with Crippen LogP contribution in [-0.4, -0.2) is 10.1 Å². The molecule has 2 aromatic rings. The van der Waals surface area contributed by atoms with Gasteiger partial charge in [-0.25, -0.2) is 0 Å². The van der Waals surface area contributed by atoms with Gasteiger partial charge in [-0.2, -0.15) is 0 Å². The molecule has 1 atom stereocenters. The number of hydrogen-bond donors (Lipinski definition) is 1. The second-order valence-corrected chi connectivity index (χ2v) is 4.93. The first-order chi connectivity index (χ1) is 7.77. The van der Waals surface area contributed by atoms with Crippen molar-refractivity contribution in [2.24, 2.45) is 0 Å². The molecule has 1 N–H and O–H groups in total. The van der Waals surface area contributed by atoms with Crippen molar-refractivity contribution >= 4 is 11.3 Å². The van der Waals surface area contributed by atoms with Gasteiger partial charge in [0.2, 0.25) is 0 Å². The van der Waals surface area contributed by atoms with Crippen LogP contribution >= 0.6 is 11.3 Å². The largest absolute Gasteiger partial charge is 0.388 e. The summed E-state index contributed by atoms with van der Waals surface area (Å²) >= 11 is 1.68. The number of aliphatic hydroxyl groups excluding tert-OH is 1. The Labute approximate surface area is 99.6 Å². The van der Waals surface area contributed by atoms with Gasteiger partial charge in [0.25, 0.3) is 0 Å². The highest BCUT2D eigenvalue weighted by atomic mass is 32.1. The first-order valence-corrected chi connectivity index (χ1v) is 6.27. The maximum atomic E-state index is 10.0. The molecule has 2 nitrogen and oxygen atoms in total. The molecule has 16 heavy (non-hydrogen) atoms. The number of rotatable bonds is 4. The molecule has 2 aromatic heterocycles. The standard InChI is InChI=1S/C13H15NOS/c1-10-12(7-9-16-10)13(15)6-5-11-4-2-3-8-14-11/h2-4,7-9,13,15H,5-6H2,1H3. The Kier molecular flexibility index (Phi) is 3.70. The van der Waals surface area contributed by atoms with Crippen molar-refractivity contribution in [3.63, 3.8) is 0 Å². The van der Waals surface area contributed by atoms with E-state index in [9.17, 15) is 5.11 Å². The Morgan fingerprint density at radius 1 is 1.38 bits per heavy atom. The minimum Gasteiger partial charge on any atom is -0.388 e. The molecular formula is C13H15NOS. The second-order valence-electron chi connectivity index (χ2n) is 3.81. The minimum atomic E-state index is -0.367. The smallest absolute Gasteiger partial charge is 0.0804 e. The van der Waals surface area contributed by atoms with Crippen LogP contribution in [0, 0.1) is 6.92 Å². The number of aliphatic hydroxyl groups is 1. The lowest BCUT2D eigenvalue weighted by molar-refractivity contribution is 0.167. The first-order valence-electron chi connectivity index (χ1n) is 5.39. The van der Waals surface area contributed by atoms with Crippen LogP contribution in [0.3, 0.4) is 0 Å². The molecule has 0 aliphatic heterocycles. The SMILES string of the molecule is Cc1sccc1C(O)CCc1ccccn1. The number of aromatic nitrogens is 1. The van der Waals surface area contributed by atoms with E-state index in [1.165, 1.54) is 4.88 Å². The van der Waals surface area contributed by atoms with Gasteiger partial charge < -0.3 is 5.11 Å². The normalized spacial score (nSPS) is 12.6. The molecule has 0 saturated carbocycles. The Morgan fingerprint density at radius 2 is 2.25 bits per heavy atom. The molecule has 0 saturated heterocycles. The molecule has 0 aliphatic carbocycles. The van der Waals surface area contributed by atoms with Crippen LogP contribution in [0.5, 0.6) is 0 Å². The molecule has 0 spiro atoms. The number of hydrogen-bond acceptors (Lipinski definition) is 3. The summed E-state index contributed by atoms with van der Waals surface area (Å²) in [6.45, 7) is 2.05. The van der Waals surface area contributed by atoms with E-state index >= 15 is 0 Å². The fraction of sp³-hybridized carbons (Fsp3) is 0.308. The van der Waals surface area contributed by atoms with E-state index in [0.29, 0.717) is 0 Å². The summed E-state index contributed by atoms with van der Waals surface area (Å²) in [6, 6.07) is 7.88. The van der Waals surface area contributed by atoms with Crippen LogP contribution in [0.1, 0.15) is 28.7 Å². The number of pyridine rings is 1. The number of aryl methyl sites for hydroxylation is 2. The molecule has 0 aliphatic rings. The predicted molar refractivity (Wildman–Crippen MR) is 66.6 cm³/mol. The fourth-order valence-corrected chi connectivity index (χ4v) is 2.49. The van der Waals surface area contributed by atoms with Crippen molar-refractivity contribution in [1.82, 2.24) is 4.98 Å². The molecule has 0 fully saturated rings. The van der Waals surface area contributed by atoms with Crippen LogP contribution in [0.25, 0.3) is 0 Å². The molecule has 0 bridgehead atoms. The lowest BCUT2D eigenvalue weighted by atomic mass is 10.0. The zero-order valence-electron chi connectivity index (χ0n) is 9.26. The molecule has 2 heterocycles. The number of thiophene rings is 1. The van der Waals surface area contributed by atoms with E-state index < -0.39 is 0 Å². The van der Waals surface area contributed by atoms with Crippen molar-refractivity contribution in [2.45, 2.75) is 25.9 Å². The number of nitrogens with zero attached hydrogens (tertiary/aromatic N) is 1. The quantitative estimate of drug-likeness (QED) is 0.880. The summed E-state index contributed by atoms with van der Waals surface area (Å²) in [4.78, 5) is 5.45. The Balaban J connectivity index is 1.94. The Hall–Kier alpha value is -1.19. The molecule has 0 aromatic carbocycles. The van der Waals surface area contributed by atoms with E-state index in [1.54, 1.807) is 17.5 Å². The van der Waals surface area contributed by atoms with Crippen molar-refractivity contribution in [3.8, 4) is 0 Å². The molecule has 0 radical (unpaired) electrons. The van der Waals surface area contributed by atoms with Crippen LogP contribution in [0.2, 0.25) is 0 Å². The van der Waals surface area contributed by atoms with Crippen molar-refractivity contribution in [3.05, 3.63) is 52.0 Å². The molecule has 3 heteroatoms. The maximum Gasteiger partial charge on any atom is 0.0804 e. The van der Waals surface area contributed by atoms with E-state index in [2.05, 4.69) is 4.98 Å². The molecular weight excluding hydrogens is 218 g/mol. The molecule has 2 rings (SSSR count). The Bertz CT molecular complexity index is 438. The lowest BCUT2D eigenvalue weighted by Gasteiger charge is -2.09. The fourth-order valence-electron chi connectivity index (χ4n) is 1.73. The third-order valence-corrected chi connectivity index (χ3v) is 3.52. The summed E-state index contributed by atoms with van der Waals surface area (Å²) in [7, 11) is 0. The van der Waals surface area contributed by atoms with Gasteiger partial charge in [-0.3, -0.25) is 4.98 Å². The zero-order valence-corrected chi connectivity index (χ0v) is 10.1. The van der Waals surface area contributed by atoms with Crippen LogP contribution in [-0.2, 0) is 6.42 Å². The lowest BCUT2D eigenvalue weighted by Crippen LogP contribution is -2.00. The average molecular weight is 233 g/mol. The highest BCUT2D eigenvalue weighted by Gasteiger charge is 2.11. The van der Waals surface area contributed by atoms with Crippen molar-refractivity contribution in [1.29, 1.82) is 0 Å². The van der Waals surface area contributed by atoms with Crippen LogP contribution in [0.4, 0.5) is 0 Å². The van der Waals surface area contributed by atoms with Gasteiger partial charge in [-0.15, -0.1) is 11.3 Å². The maximum absolute atomic E-state index is 10.0. The summed E-state index contributed by atoms with van der Waals surface area (Å²) in [5, 5.41) is 12.1. The summed E-state index contributed by atoms with van der Waals surface area (Å²) in [5.41, 5.74) is 2.09. The minimum absolute atomic E-state index is 0.367. The van der Waals surface area contributed by atoms with Gasteiger partial charge in [-0.1, -0.05) is 6.07 Å². The summed E-state index contributed by atoms with van der Waals surface area (Å²) in [5.74, 6) is 0. The predicted octanol–water partition coefficient (Wildman–Crippen LogP) is 3.12. The van der Waals surface area contributed by atoms with E-state index in [-0.39, 0.29) is 6.10 Å². The van der Waals surface area contributed by atoms with E-state index in [1.807, 2.05) is 36.6 Å². The average Bonchev–Trinajstić information content (AvgIpc) is 2.74. The van der Waals surface area contributed by atoms with Crippen LogP contribution < -0.4 is 0 Å². The van der Waals surface area contributed by atoms with Crippen LogP contribution in [0.15, 0.2) is 35.8 Å². The van der Waals surface area contributed by atoms with Gasteiger partial charge in [-0.05, 0) is 48.9 Å². The third-order valence-electron chi connectivity index (χ3n) is 2.66. The van der Waals surface area contributed by atoms with Gasteiger partial charge >= 0.3 is 0 Å². The first kappa shape index (κ1) is 11.3. The zero-order chi connectivity index (χ0) is 11.4. The van der Waals surface area contributed by atoms with Gasteiger partial charge in [0.05, 0.1) is 6.10 Å². The van der Waals surface area contributed by atoms with Gasteiger partial charge in [0.1, 0.15) is 0 Å². The molecule has 0 amide bonds. The highest BCUT2D eigenvalue weighted by molar-refractivity contribution is 7.10. The van der Waals surface area contributed by atoms with E-state index in [0.717, 1.165) is 24.1 Å². The van der Waals surface area contributed by atoms with E-state index in [4.69, 9.17) is 0 Å². The van der Waals surface area contributed by atoms with Crippen molar-refractivity contribution in [2.75, 3.05) is 0 Å². The third kappa shape index (κ3) is 2.68. The van der Waals surface area contributed by atoms with Gasteiger partial charge in [0.15, 0.2) is 0 Å². The van der Waals surface area contributed by atoms with Crippen molar-refractivity contribution < 1.29 is 5.11 Å². The molecule has 84 valence electrons. The topological polar surface area (TPSA) is 33.1 Å². The summed E-state index contributed by atoms with van der Waals surface area (Å²) < 4.78 is 0. The second kappa shape index (κ2) is 5.23. The monoisotopic (exact) mass is 233 g/mol. The van der Waals surface area contributed by atoms with Gasteiger partial charge in [0, 0.05) is 16.8 Å².